The van der Waals surface area contributed by atoms with Gasteiger partial charge in [0.2, 0.25) is 0 Å². The molecule has 2 unspecified atom stereocenters. The van der Waals surface area contributed by atoms with Gasteiger partial charge in [-0.3, -0.25) is 0 Å². The molecule has 0 amide bonds. The summed E-state index contributed by atoms with van der Waals surface area (Å²) in [6.07, 6.45) is 0.0961. The average Bonchev–Trinajstić information content (AvgIpc) is 2.05. The molecule has 0 radical (unpaired) electrons. The molecule has 3 nitrogen and oxygen atoms in total. The fraction of sp³-hybridized carbons (Fsp3) is 0.857. The van der Waals surface area contributed by atoms with Crippen LogP contribution in [0.3, 0.4) is 0 Å². The van der Waals surface area contributed by atoms with Crippen LogP contribution < -0.4 is 5.32 Å². The molecule has 10 heavy (non-hydrogen) atoms. The van der Waals surface area contributed by atoms with Gasteiger partial charge in [0.1, 0.15) is 0 Å². The molecule has 0 bridgehead atoms. The minimum atomic E-state index is 0.00722. The van der Waals surface area contributed by atoms with E-state index in [1.54, 1.807) is 0 Å². The predicted octanol–water partition coefficient (Wildman–Crippen LogP) is 0.134. The summed E-state index contributed by atoms with van der Waals surface area (Å²) >= 11 is 0. The highest BCUT2D eigenvalue weighted by Crippen LogP contribution is 2.07. The van der Waals surface area contributed by atoms with E-state index in [0.29, 0.717) is 0 Å². The first-order valence-electron chi connectivity index (χ1n) is 3.56. The standard InChI is InChI=1S/C7H12N2O/c1-6(4-8)7-5-9-2-3-10-7/h6-7,9H,2-3,5H2,1H3. The molecule has 1 aliphatic heterocycles. The lowest BCUT2D eigenvalue weighted by Crippen LogP contribution is -2.41. The van der Waals surface area contributed by atoms with Crippen molar-refractivity contribution in [2.24, 2.45) is 5.92 Å². The van der Waals surface area contributed by atoms with Crippen molar-refractivity contribution in [3.05, 3.63) is 0 Å². The van der Waals surface area contributed by atoms with Crippen LogP contribution in [-0.4, -0.2) is 25.8 Å². The Labute approximate surface area is 61.0 Å². The van der Waals surface area contributed by atoms with E-state index in [-0.39, 0.29) is 12.0 Å². The van der Waals surface area contributed by atoms with Crippen molar-refractivity contribution in [1.82, 2.24) is 5.32 Å². The molecule has 1 saturated heterocycles. The van der Waals surface area contributed by atoms with E-state index in [9.17, 15) is 0 Å². The van der Waals surface area contributed by atoms with Gasteiger partial charge in [-0.05, 0) is 6.92 Å². The van der Waals surface area contributed by atoms with Gasteiger partial charge in [0, 0.05) is 13.1 Å². The van der Waals surface area contributed by atoms with E-state index in [1.165, 1.54) is 0 Å². The van der Waals surface area contributed by atoms with Gasteiger partial charge in [0.15, 0.2) is 0 Å². The fourth-order valence-electron chi connectivity index (χ4n) is 0.990. The Balaban J connectivity index is 2.33. The Morgan fingerprint density at radius 2 is 2.60 bits per heavy atom. The smallest absolute Gasteiger partial charge is 0.0855 e. The van der Waals surface area contributed by atoms with Gasteiger partial charge < -0.3 is 10.1 Å². The second kappa shape index (κ2) is 3.55. The van der Waals surface area contributed by atoms with Gasteiger partial charge >= 0.3 is 0 Å². The SMILES string of the molecule is CC(C#N)C1CNCCO1. The highest BCUT2D eigenvalue weighted by atomic mass is 16.5. The zero-order valence-corrected chi connectivity index (χ0v) is 6.13. The molecular formula is C7H12N2O. The van der Waals surface area contributed by atoms with Crippen LogP contribution >= 0.6 is 0 Å². The van der Waals surface area contributed by atoms with Crippen LogP contribution in [0, 0.1) is 17.2 Å². The molecule has 0 spiro atoms. The molecule has 0 aliphatic carbocycles. The Kier molecular flexibility index (Phi) is 2.67. The van der Waals surface area contributed by atoms with Crippen LogP contribution in [0.5, 0.6) is 0 Å². The Bertz CT molecular complexity index is 135. The van der Waals surface area contributed by atoms with Crippen molar-refractivity contribution in [1.29, 1.82) is 5.26 Å². The molecular weight excluding hydrogens is 128 g/mol. The lowest BCUT2D eigenvalue weighted by Gasteiger charge is -2.24. The van der Waals surface area contributed by atoms with E-state index in [4.69, 9.17) is 10.00 Å². The number of rotatable bonds is 1. The Hall–Kier alpha value is -0.590. The molecule has 1 heterocycles. The number of morpholine rings is 1. The van der Waals surface area contributed by atoms with Crippen molar-refractivity contribution < 1.29 is 4.74 Å². The Morgan fingerprint density at radius 3 is 3.10 bits per heavy atom. The number of hydrogen-bond donors (Lipinski definition) is 1. The molecule has 1 aliphatic rings. The van der Waals surface area contributed by atoms with E-state index >= 15 is 0 Å². The summed E-state index contributed by atoms with van der Waals surface area (Å²) in [5.74, 6) is 0.00722. The maximum absolute atomic E-state index is 8.53. The second-order valence-corrected chi connectivity index (χ2v) is 2.53. The van der Waals surface area contributed by atoms with Crippen molar-refractivity contribution in [2.45, 2.75) is 13.0 Å². The van der Waals surface area contributed by atoms with Crippen molar-refractivity contribution in [3.63, 3.8) is 0 Å². The second-order valence-electron chi connectivity index (χ2n) is 2.53. The highest BCUT2D eigenvalue weighted by molar-refractivity contribution is 4.87. The maximum atomic E-state index is 8.53. The van der Waals surface area contributed by atoms with E-state index in [1.807, 2.05) is 6.92 Å². The molecule has 1 rings (SSSR count). The summed E-state index contributed by atoms with van der Waals surface area (Å²) in [4.78, 5) is 0. The maximum Gasteiger partial charge on any atom is 0.0855 e. The average molecular weight is 140 g/mol. The first-order valence-corrected chi connectivity index (χ1v) is 3.56. The molecule has 0 aromatic heterocycles. The van der Waals surface area contributed by atoms with Gasteiger partial charge in [0.05, 0.1) is 24.7 Å². The summed E-state index contributed by atoms with van der Waals surface area (Å²) in [5.41, 5.74) is 0. The number of nitriles is 1. The largest absolute Gasteiger partial charge is 0.374 e. The molecule has 1 fully saturated rings. The molecule has 56 valence electrons. The first-order chi connectivity index (χ1) is 4.84. The quantitative estimate of drug-likeness (QED) is 0.563. The van der Waals surface area contributed by atoms with E-state index < -0.39 is 0 Å². The molecule has 3 heteroatoms. The summed E-state index contributed by atoms with van der Waals surface area (Å²) in [6.45, 7) is 4.34. The topological polar surface area (TPSA) is 45.0 Å². The third-order valence-corrected chi connectivity index (χ3v) is 1.72. The molecule has 1 N–H and O–H groups in total. The Morgan fingerprint density at radius 1 is 1.80 bits per heavy atom. The number of nitrogens with zero attached hydrogens (tertiary/aromatic N) is 1. The summed E-state index contributed by atoms with van der Waals surface area (Å²) in [7, 11) is 0. The van der Waals surface area contributed by atoms with Gasteiger partial charge in [-0.25, -0.2) is 0 Å². The lowest BCUT2D eigenvalue weighted by molar-refractivity contribution is 0.00910. The number of hydrogen-bond acceptors (Lipinski definition) is 3. The molecule has 2 atom stereocenters. The highest BCUT2D eigenvalue weighted by Gasteiger charge is 2.19. The third kappa shape index (κ3) is 1.69. The number of ether oxygens (including phenoxy) is 1. The first kappa shape index (κ1) is 7.52. The normalized spacial score (nSPS) is 29.0. The zero-order chi connectivity index (χ0) is 7.40. The van der Waals surface area contributed by atoms with Crippen molar-refractivity contribution in [3.8, 4) is 6.07 Å². The van der Waals surface area contributed by atoms with E-state index in [0.717, 1.165) is 19.7 Å². The predicted molar refractivity (Wildman–Crippen MR) is 37.4 cm³/mol. The van der Waals surface area contributed by atoms with Crippen LogP contribution in [0.15, 0.2) is 0 Å². The lowest BCUT2D eigenvalue weighted by atomic mass is 10.1. The van der Waals surface area contributed by atoms with Gasteiger partial charge in [-0.2, -0.15) is 5.26 Å². The number of nitrogens with one attached hydrogen (secondary N) is 1. The molecule has 0 saturated carbocycles. The zero-order valence-electron chi connectivity index (χ0n) is 6.13. The van der Waals surface area contributed by atoms with Crippen LogP contribution in [0.4, 0.5) is 0 Å². The van der Waals surface area contributed by atoms with Gasteiger partial charge in [-0.1, -0.05) is 0 Å². The monoisotopic (exact) mass is 140 g/mol. The molecule has 0 aromatic rings. The third-order valence-electron chi connectivity index (χ3n) is 1.72. The van der Waals surface area contributed by atoms with Crippen molar-refractivity contribution in [2.75, 3.05) is 19.7 Å². The fourth-order valence-corrected chi connectivity index (χ4v) is 0.990. The van der Waals surface area contributed by atoms with Gasteiger partial charge in [-0.15, -0.1) is 0 Å². The summed E-state index contributed by atoms with van der Waals surface area (Å²) in [5, 5.41) is 11.7. The van der Waals surface area contributed by atoms with Crippen LogP contribution in [-0.2, 0) is 4.74 Å². The summed E-state index contributed by atoms with van der Waals surface area (Å²) < 4.78 is 5.35. The summed E-state index contributed by atoms with van der Waals surface area (Å²) in [6, 6.07) is 2.17. The van der Waals surface area contributed by atoms with Crippen LogP contribution in [0.2, 0.25) is 0 Å². The minimum Gasteiger partial charge on any atom is -0.374 e. The van der Waals surface area contributed by atoms with Crippen LogP contribution in [0.25, 0.3) is 0 Å². The van der Waals surface area contributed by atoms with Gasteiger partial charge in [0.25, 0.3) is 0 Å². The van der Waals surface area contributed by atoms with Crippen molar-refractivity contribution >= 4 is 0 Å². The van der Waals surface area contributed by atoms with Crippen LogP contribution in [0.1, 0.15) is 6.92 Å². The molecule has 0 aromatic carbocycles. The van der Waals surface area contributed by atoms with E-state index in [2.05, 4.69) is 11.4 Å². The minimum absolute atomic E-state index is 0.00722.